The highest BCUT2D eigenvalue weighted by molar-refractivity contribution is 9.10. The van der Waals surface area contributed by atoms with Crippen LogP contribution in [0.2, 0.25) is 0 Å². The quantitative estimate of drug-likeness (QED) is 0.556. The summed E-state index contributed by atoms with van der Waals surface area (Å²) in [7, 11) is 0. The molecule has 0 aliphatic carbocycles. The summed E-state index contributed by atoms with van der Waals surface area (Å²) in [5.74, 6) is 0.838. The van der Waals surface area contributed by atoms with Gasteiger partial charge in [0.05, 0.1) is 6.61 Å². The van der Waals surface area contributed by atoms with Gasteiger partial charge in [-0.3, -0.25) is 4.79 Å². The number of benzene rings is 1. The molecule has 25 heavy (non-hydrogen) atoms. The van der Waals surface area contributed by atoms with Gasteiger partial charge < -0.3 is 15.0 Å². The van der Waals surface area contributed by atoms with E-state index in [4.69, 9.17) is 4.74 Å². The third-order valence-corrected chi connectivity index (χ3v) is 5.00. The SMILES string of the molecule is CCCCOCCN(C(=O)CCC1CCNC1)c1ccc(Br)cc1.Cl. The molecule has 1 aliphatic heterocycles. The molecular weight excluding hydrogens is 404 g/mol. The summed E-state index contributed by atoms with van der Waals surface area (Å²) in [6, 6.07) is 7.94. The molecule has 1 saturated heterocycles. The molecule has 0 spiro atoms. The van der Waals surface area contributed by atoms with Crippen molar-refractivity contribution in [1.29, 1.82) is 0 Å². The molecule has 142 valence electrons. The minimum absolute atomic E-state index is 0. The predicted octanol–water partition coefficient (Wildman–Crippen LogP) is 4.41. The Balaban J connectivity index is 0.00000312. The molecule has 4 nitrogen and oxygen atoms in total. The van der Waals surface area contributed by atoms with E-state index < -0.39 is 0 Å². The lowest BCUT2D eigenvalue weighted by atomic mass is 10.0. The van der Waals surface area contributed by atoms with Crippen LogP contribution in [0.4, 0.5) is 5.69 Å². The van der Waals surface area contributed by atoms with Crippen LogP contribution in [0.5, 0.6) is 0 Å². The molecule has 1 aromatic carbocycles. The summed E-state index contributed by atoms with van der Waals surface area (Å²) in [5, 5.41) is 3.37. The van der Waals surface area contributed by atoms with E-state index in [9.17, 15) is 4.79 Å². The first kappa shape index (κ1) is 22.4. The Kier molecular flexibility index (Phi) is 11.4. The number of carbonyl (C=O) groups excluding carboxylic acids is 1. The zero-order chi connectivity index (χ0) is 17.2. The fraction of sp³-hybridized carbons (Fsp3) is 0.632. The maximum Gasteiger partial charge on any atom is 0.227 e. The number of nitrogens with one attached hydrogen (secondary N) is 1. The van der Waals surface area contributed by atoms with Gasteiger partial charge in [-0.15, -0.1) is 12.4 Å². The largest absolute Gasteiger partial charge is 0.380 e. The maximum atomic E-state index is 12.7. The first-order valence-corrected chi connectivity index (χ1v) is 9.84. The minimum Gasteiger partial charge on any atom is -0.380 e. The van der Waals surface area contributed by atoms with Gasteiger partial charge in [-0.05, 0) is 62.5 Å². The zero-order valence-corrected chi connectivity index (χ0v) is 17.4. The number of anilines is 1. The third-order valence-electron chi connectivity index (χ3n) is 4.47. The van der Waals surface area contributed by atoms with Gasteiger partial charge in [-0.1, -0.05) is 29.3 Å². The Morgan fingerprint density at radius 2 is 2.08 bits per heavy atom. The van der Waals surface area contributed by atoms with Crippen molar-refractivity contribution >= 4 is 39.9 Å². The van der Waals surface area contributed by atoms with Crippen LogP contribution in [0.15, 0.2) is 28.7 Å². The molecule has 1 fully saturated rings. The number of carbonyl (C=O) groups is 1. The normalized spacial score (nSPS) is 16.5. The van der Waals surface area contributed by atoms with Gasteiger partial charge in [0.2, 0.25) is 5.91 Å². The van der Waals surface area contributed by atoms with Gasteiger partial charge >= 0.3 is 0 Å². The molecule has 1 N–H and O–H groups in total. The molecule has 1 atom stereocenters. The van der Waals surface area contributed by atoms with Crippen LogP contribution >= 0.6 is 28.3 Å². The molecule has 1 unspecified atom stereocenters. The molecule has 1 aromatic rings. The second kappa shape index (κ2) is 12.7. The van der Waals surface area contributed by atoms with E-state index in [-0.39, 0.29) is 18.3 Å². The highest BCUT2D eigenvalue weighted by atomic mass is 79.9. The number of nitrogens with zero attached hydrogens (tertiary/aromatic N) is 1. The van der Waals surface area contributed by atoms with Crippen LogP contribution in [0.25, 0.3) is 0 Å². The lowest BCUT2D eigenvalue weighted by Crippen LogP contribution is -2.34. The average Bonchev–Trinajstić information content (AvgIpc) is 3.11. The van der Waals surface area contributed by atoms with Gasteiger partial charge in [0.15, 0.2) is 0 Å². The Labute approximate surface area is 166 Å². The van der Waals surface area contributed by atoms with Crippen LogP contribution in [0.3, 0.4) is 0 Å². The van der Waals surface area contributed by atoms with E-state index in [1.807, 2.05) is 29.2 Å². The van der Waals surface area contributed by atoms with Crippen molar-refractivity contribution in [2.45, 2.75) is 39.0 Å². The molecular formula is C19H30BrClN2O2. The molecule has 1 aliphatic rings. The molecule has 0 radical (unpaired) electrons. The van der Waals surface area contributed by atoms with Crippen molar-refractivity contribution in [2.75, 3.05) is 37.7 Å². The summed E-state index contributed by atoms with van der Waals surface area (Å²) in [4.78, 5) is 14.6. The van der Waals surface area contributed by atoms with E-state index in [1.165, 1.54) is 6.42 Å². The fourth-order valence-corrected chi connectivity index (χ4v) is 3.21. The number of halogens is 2. The van der Waals surface area contributed by atoms with Crippen LogP contribution in [-0.4, -0.2) is 38.8 Å². The molecule has 1 amide bonds. The zero-order valence-electron chi connectivity index (χ0n) is 15.0. The summed E-state index contributed by atoms with van der Waals surface area (Å²) in [5.41, 5.74) is 0.951. The Bertz CT molecular complexity index is 493. The van der Waals surface area contributed by atoms with Crippen LogP contribution in [0.1, 0.15) is 39.0 Å². The number of rotatable bonds is 10. The van der Waals surface area contributed by atoms with E-state index in [1.54, 1.807) is 0 Å². The number of amides is 1. The van der Waals surface area contributed by atoms with Gasteiger partial charge in [0.25, 0.3) is 0 Å². The van der Waals surface area contributed by atoms with Crippen molar-refractivity contribution in [3.8, 4) is 0 Å². The highest BCUT2D eigenvalue weighted by Crippen LogP contribution is 2.21. The second-order valence-corrected chi connectivity index (χ2v) is 7.30. The first-order valence-electron chi connectivity index (χ1n) is 9.05. The van der Waals surface area contributed by atoms with Crippen LogP contribution < -0.4 is 10.2 Å². The van der Waals surface area contributed by atoms with Crippen LogP contribution in [0, 0.1) is 5.92 Å². The first-order chi connectivity index (χ1) is 11.7. The van der Waals surface area contributed by atoms with E-state index in [2.05, 4.69) is 28.2 Å². The van der Waals surface area contributed by atoms with Crippen LogP contribution in [-0.2, 0) is 9.53 Å². The van der Waals surface area contributed by atoms with Gasteiger partial charge in [0, 0.05) is 29.7 Å². The monoisotopic (exact) mass is 432 g/mol. The molecule has 1 heterocycles. The Morgan fingerprint density at radius 3 is 2.72 bits per heavy atom. The lowest BCUT2D eigenvalue weighted by Gasteiger charge is -2.23. The number of unbranched alkanes of at least 4 members (excludes halogenated alkanes) is 1. The maximum absolute atomic E-state index is 12.7. The summed E-state index contributed by atoms with van der Waals surface area (Å²) < 4.78 is 6.69. The summed E-state index contributed by atoms with van der Waals surface area (Å²) in [6.07, 6.45) is 4.96. The van der Waals surface area contributed by atoms with Crippen molar-refractivity contribution < 1.29 is 9.53 Å². The number of hydrogen-bond acceptors (Lipinski definition) is 3. The number of ether oxygens (including phenoxy) is 1. The fourth-order valence-electron chi connectivity index (χ4n) is 2.95. The molecule has 0 saturated carbocycles. The number of hydrogen-bond donors (Lipinski definition) is 1. The summed E-state index contributed by atoms with van der Waals surface area (Å²) >= 11 is 3.45. The van der Waals surface area contributed by atoms with Crippen molar-refractivity contribution in [3.63, 3.8) is 0 Å². The van der Waals surface area contributed by atoms with Gasteiger partial charge in [0.1, 0.15) is 0 Å². The Morgan fingerprint density at radius 1 is 1.32 bits per heavy atom. The summed E-state index contributed by atoms with van der Waals surface area (Å²) in [6.45, 7) is 6.26. The molecule has 2 rings (SSSR count). The van der Waals surface area contributed by atoms with E-state index in [0.29, 0.717) is 25.5 Å². The molecule has 6 heteroatoms. The van der Waals surface area contributed by atoms with Crippen molar-refractivity contribution in [1.82, 2.24) is 5.32 Å². The average molecular weight is 434 g/mol. The second-order valence-electron chi connectivity index (χ2n) is 6.39. The molecule has 0 aromatic heterocycles. The Hall–Kier alpha value is -0.620. The van der Waals surface area contributed by atoms with Gasteiger partial charge in [-0.2, -0.15) is 0 Å². The highest BCUT2D eigenvalue weighted by Gasteiger charge is 2.20. The standard InChI is InChI=1S/C19H29BrN2O2.ClH/c1-2-3-13-24-14-12-22(18-7-5-17(20)6-8-18)19(23)9-4-16-10-11-21-15-16;/h5-8,16,21H,2-4,9-15H2,1H3;1H. The topological polar surface area (TPSA) is 41.6 Å². The minimum atomic E-state index is 0. The molecule has 0 bridgehead atoms. The lowest BCUT2D eigenvalue weighted by molar-refractivity contribution is -0.119. The van der Waals surface area contributed by atoms with E-state index in [0.717, 1.165) is 49.1 Å². The smallest absolute Gasteiger partial charge is 0.227 e. The third kappa shape index (κ3) is 8.07. The van der Waals surface area contributed by atoms with E-state index >= 15 is 0 Å². The van der Waals surface area contributed by atoms with Gasteiger partial charge in [-0.25, -0.2) is 0 Å². The van der Waals surface area contributed by atoms with Crippen molar-refractivity contribution in [2.24, 2.45) is 5.92 Å². The predicted molar refractivity (Wildman–Crippen MR) is 110 cm³/mol. The van der Waals surface area contributed by atoms with Crippen molar-refractivity contribution in [3.05, 3.63) is 28.7 Å².